The van der Waals surface area contributed by atoms with Gasteiger partial charge in [0.1, 0.15) is 5.75 Å². The first kappa shape index (κ1) is 14.4. The van der Waals surface area contributed by atoms with Gasteiger partial charge in [-0.05, 0) is 18.9 Å². The number of para-hydroxylation sites is 1. The lowest BCUT2D eigenvalue weighted by atomic mass is 10.2. The number of benzene rings is 1. The van der Waals surface area contributed by atoms with Crippen LogP contribution in [0.2, 0.25) is 0 Å². The molecule has 0 bridgehead atoms. The van der Waals surface area contributed by atoms with Gasteiger partial charge in [0.2, 0.25) is 0 Å². The van der Waals surface area contributed by atoms with Gasteiger partial charge in [0.25, 0.3) is 0 Å². The first-order valence-electron chi connectivity index (χ1n) is 6.35. The van der Waals surface area contributed by atoms with Crippen LogP contribution in [0.4, 0.5) is 4.79 Å². The zero-order valence-electron chi connectivity index (χ0n) is 11.3. The molecule has 0 radical (unpaired) electrons. The molecular weight excluding hydrogens is 228 g/mol. The molecule has 0 saturated heterocycles. The summed E-state index contributed by atoms with van der Waals surface area (Å²) in [5.74, 6) is 1.27. The van der Waals surface area contributed by atoms with E-state index in [1.54, 1.807) is 0 Å². The number of urea groups is 1. The quantitative estimate of drug-likeness (QED) is 0.815. The molecule has 0 aliphatic carbocycles. The van der Waals surface area contributed by atoms with Gasteiger partial charge in [0.15, 0.2) is 0 Å². The fraction of sp³-hybridized carbons (Fsp3) is 0.500. The lowest BCUT2D eigenvalue weighted by molar-refractivity contribution is 0.239. The number of amides is 2. The standard InChI is InChI=1S/C14H22N2O2/c1-4-18-13-8-6-5-7-12(13)10-16-14(17)15-9-11(2)3/h5-8,11H,4,9-10H2,1-3H3,(H2,15,16,17). The van der Waals surface area contributed by atoms with Gasteiger partial charge in [-0.25, -0.2) is 4.79 Å². The van der Waals surface area contributed by atoms with Crippen molar-refractivity contribution in [1.29, 1.82) is 0 Å². The van der Waals surface area contributed by atoms with Crippen LogP contribution in [0.15, 0.2) is 24.3 Å². The van der Waals surface area contributed by atoms with Crippen molar-refractivity contribution >= 4 is 6.03 Å². The van der Waals surface area contributed by atoms with Gasteiger partial charge in [-0.15, -0.1) is 0 Å². The molecule has 0 atom stereocenters. The van der Waals surface area contributed by atoms with E-state index in [0.29, 0.717) is 25.6 Å². The average molecular weight is 250 g/mol. The second-order valence-corrected chi connectivity index (χ2v) is 4.50. The van der Waals surface area contributed by atoms with E-state index in [0.717, 1.165) is 11.3 Å². The van der Waals surface area contributed by atoms with Crippen molar-refractivity contribution in [1.82, 2.24) is 10.6 Å². The molecule has 0 spiro atoms. The van der Waals surface area contributed by atoms with Gasteiger partial charge in [0.05, 0.1) is 6.61 Å². The Morgan fingerprint density at radius 2 is 2.00 bits per heavy atom. The van der Waals surface area contributed by atoms with Crippen LogP contribution in [0.3, 0.4) is 0 Å². The minimum absolute atomic E-state index is 0.144. The predicted octanol–water partition coefficient (Wildman–Crippen LogP) is 2.54. The SMILES string of the molecule is CCOc1ccccc1CNC(=O)NCC(C)C. The molecule has 0 saturated carbocycles. The Balaban J connectivity index is 2.45. The van der Waals surface area contributed by atoms with Gasteiger partial charge in [0, 0.05) is 18.7 Å². The molecule has 4 heteroatoms. The van der Waals surface area contributed by atoms with E-state index < -0.39 is 0 Å². The smallest absolute Gasteiger partial charge is 0.315 e. The number of hydrogen-bond acceptors (Lipinski definition) is 2. The summed E-state index contributed by atoms with van der Waals surface area (Å²) in [6.45, 7) is 7.84. The zero-order chi connectivity index (χ0) is 13.4. The summed E-state index contributed by atoms with van der Waals surface area (Å²) in [7, 11) is 0. The van der Waals surface area contributed by atoms with E-state index in [4.69, 9.17) is 4.74 Å². The Hall–Kier alpha value is -1.71. The molecule has 0 fully saturated rings. The van der Waals surface area contributed by atoms with E-state index in [1.807, 2.05) is 31.2 Å². The Morgan fingerprint density at radius 3 is 2.67 bits per heavy atom. The largest absolute Gasteiger partial charge is 0.494 e. The van der Waals surface area contributed by atoms with Crippen molar-refractivity contribution in [2.75, 3.05) is 13.2 Å². The Bertz CT molecular complexity index is 378. The van der Waals surface area contributed by atoms with Crippen LogP contribution >= 0.6 is 0 Å². The van der Waals surface area contributed by atoms with E-state index in [1.165, 1.54) is 0 Å². The highest BCUT2D eigenvalue weighted by Crippen LogP contribution is 2.17. The fourth-order valence-corrected chi connectivity index (χ4v) is 1.48. The second-order valence-electron chi connectivity index (χ2n) is 4.50. The molecule has 2 amide bonds. The molecule has 1 rings (SSSR count). The van der Waals surface area contributed by atoms with Crippen LogP contribution in [-0.2, 0) is 6.54 Å². The summed E-state index contributed by atoms with van der Waals surface area (Å²) in [4.78, 5) is 11.5. The van der Waals surface area contributed by atoms with Gasteiger partial charge in [-0.2, -0.15) is 0 Å². The molecule has 0 heterocycles. The van der Waals surface area contributed by atoms with Crippen molar-refractivity contribution in [3.8, 4) is 5.75 Å². The van der Waals surface area contributed by atoms with Crippen LogP contribution < -0.4 is 15.4 Å². The van der Waals surface area contributed by atoms with E-state index in [2.05, 4.69) is 24.5 Å². The third-order valence-electron chi connectivity index (χ3n) is 2.38. The van der Waals surface area contributed by atoms with Crippen LogP contribution in [0, 0.1) is 5.92 Å². The van der Waals surface area contributed by atoms with Crippen LogP contribution in [-0.4, -0.2) is 19.2 Å². The third kappa shape index (κ3) is 5.08. The van der Waals surface area contributed by atoms with Gasteiger partial charge >= 0.3 is 6.03 Å². The Kier molecular flexibility index (Phi) is 6.05. The number of nitrogens with one attached hydrogen (secondary N) is 2. The van der Waals surface area contributed by atoms with E-state index in [-0.39, 0.29) is 6.03 Å². The highest BCUT2D eigenvalue weighted by Gasteiger charge is 2.05. The average Bonchev–Trinajstić information content (AvgIpc) is 2.35. The first-order chi connectivity index (χ1) is 8.63. The predicted molar refractivity (Wildman–Crippen MR) is 72.7 cm³/mol. The number of carbonyl (C=O) groups is 1. The highest BCUT2D eigenvalue weighted by atomic mass is 16.5. The van der Waals surface area contributed by atoms with Crippen molar-refractivity contribution in [2.24, 2.45) is 5.92 Å². The van der Waals surface area contributed by atoms with Gasteiger partial charge in [-0.1, -0.05) is 32.0 Å². The number of ether oxygens (including phenoxy) is 1. The van der Waals surface area contributed by atoms with Gasteiger partial charge in [-0.3, -0.25) is 0 Å². The van der Waals surface area contributed by atoms with Gasteiger partial charge < -0.3 is 15.4 Å². The van der Waals surface area contributed by atoms with E-state index >= 15 is 0 Å². The summed E-state index contributed by atoms with van der Waals surface area (Å²) in [5.41, 5.74) is 0.985. The fourth-order valence-electron chi connectivity index (χ4n) is 1.48. The normalized spacial score (nSPS) is 10.2. The maximum atomic E-state index is 11.5. The van der Waals surface area contributed by atoms with Crippen LogP contribution in [0.1, 0.15) is 26.3 Å². The van der Waals surface area contributed by atoms with Crippen LogP contribution in [0.5, 0.6) is 5.75 Å². The number of rotatable bonds is 6. The molecule has 4 nitrogen and oxygen atoms in total. The minimum atomic E-state index is -0.144. The number of hydrogen-bond donors (Lipinski definition) is 2. The molecule has 1 aromatic rings. The third-order valence-corrected chi connectivity index (χ3v) is 2.38. The van der Waals surface area contributed by atoms with E-state index in [9.17, 15) is 4.79 Å². The molecule has 1 aromatic carbocycles. The summed E-state index contributed by atoms with van der Waals surface area (Å²) < 4.78 is 5.50. The van der Waals surface area contributed by atoms with Crippen molar-refractivity contribution in [2.45, 2.75) is 27.3 Å². The minimum Gasteiger partial charge on any atom is -0.494 e. The monoisotopic (exact) mass is 250 g/mol. The molecule has 0 aromatic heterocycles. The lowest BCUT2D eigenvalue weighted by Gasteiger charge is -2.12. The molecule has 0 unspecified atom stereocenters. The Labute approximate surface area is 109 Å². The van der Waals surface area contributed by atoms with Crippen LogP contribution in [0.25, 0.3) is 0 Å². The maximum Gasteiger partial charge on any atom is 0.315 e. The van der Waals surface area contributed by atoms with Crippen molar-refractivity contribution in [3.63, 3.8) is 0 Å². The maximum absolute atomic E-state index is 11.5. The highest BCUT2D eigenvalue weighted by molar-refractivity contribution is 5.73. The van der Waals surface area contributed by atoms with Crippen molar-refractivity contribution < 1.29 is 9.53 Å². The summed E-state index contributed by atoms with van der Waals surface area (Å²) in [6, 6.07) is 7.58. The Morgan fingerprint density at radius 1 is 1.28 bits per heavy atom. The number of carbonyl (C=O) groups excluding carboxylic acids is 1. The summed E-state index contributed by atoms with van der Waals surface area (Å²) in [5, 5.41) is 5.64. The molecule has 2 N–H and O–H groups in total. The lowest BCUT2D eigenvalue weighted by Crippen LogP contribution is -2.37. The second kappa shape index (κ2) is 7.58. The molecule has 100 valence electrons. The molecule has 18 heavy (non-hydrogen) atoms. The molecular formula is C14H22N2O2. The summed E-state index contributed by atoms with van der Waals surface area (Å²) >= 11 is 0. The molecule has 0 aliphatic rings. The zero-order valence-corrected chi connectivity index (χ0v) is 11.3. The molecule has 0 aliphatic heterocycles. The first-order valence-corrected chi connectivity index (χ1v) is 6.35. The topological polar surface area (TPSA) is 50.4 Å². The van der Waals surface area contributed by atoms with Crippen molar-refractivity contribution in [3.05, 3.63) is 29.8 Å². The summed E-state index contributed by atoms with van der Waals surface area (Å²) in [6.07, 6.45) is 0.